The Labute approximate surface area is 376 Å². The molecule has 0 saturated carbocycles. The third-order valence-electron chi connectivity index (χ3n) is 9.86. The summed E-state index contributed by atoms with van der Waals surface area (Å²) in [6.45, 7) is 8.13. The molecule has 0 atom stereocenters. The number of nitrogens with zero attached hydrogens (tertiary/aromatic N) is 7. The first-order valence-electron chi connectivity index (χ1n) is 20.4. The Bertz CT molecular complexity index is 3060. The molecule has 3 aromatic heterocycles. The van der Waals surface area contributed by atoms with Gasteiger partial charge in [-0.1, -0.05) is 115 Å². The fourth-order valence-electron chi connectivity index (χ4n) is 7.14. The van der Waals surface area contributed by atoms with Crippen LogP contribution in [0.4, 0.5) is 0 Å². The van der Waals surface area contributed by atoms with Gasteiger partial charge < -0.3 is 19.0 Å². The fourth-order valence-corrected chi connectivity index (χ4v) is 7.14. The third-order valence-corrected chi connectivity index (χ3v) is 9.86. The van der Waals surface area contributed by atoms with Gasteiger partial charge in [0.25, 0.3) is 0 Å². The third kappa shape index (κ3) is 9.13. The smallest absolute Gasteiger partial charge is 0.226 e. The molecule has 0 fully saturated rings. The van der Waals surface area contributed by atoms with Crippen LogP contribution in [0.2, 0.25) is 0 Å². The van der Waals surface area contributed by atoms with E-state index in [0.717, 1.165) is 72.0 Å². The molecule has 0 aliphatic rings. The minimum Gasteiger partial charge on any atom is -0.872 e. The van der Waals surface area contributed by atoms with Crippen molar-refractivity contribution < 1.29 is 39.1 Å². The first kappa shape index (κ1) is 42.3. The van der Waals surface area contributed by atoms with Crippen LogP contribution in [0.1, 0.15) is 27.7 Å². The van der Waals surface area contributed by atoms with E-state index in [9.17, 15) is 5.11 Å². The Morgan fingerprint density at radius 1 is 0.444 bits per heavy atom. The van der Waals surface area contributed by atoms with Gasteiger partial charge in [-0.25, -0.2) is 4.98 Å². The molecule has 63 heavy (non-hydrogen) atoms. The van der Waals surface area contributed by atoms with Crippen molar-refractivity contribution >= 4 is 54.7 Å². The van der Waals surface area contributed by atoms with Gasteiger partial charge in [-0.2, -0.15) is 0 Å². The number of fused-ring (bicyclic) bond motifs is 5. The molecule has 11 nitrogen and oxygen atoms in total. The van der Waals surface area contributed by atoms with Gasteiger partial charge in [0.05, 0.1) is 23.6 Å². The van der Waals surface area contributed by atoms with Crippen molar-refractivity contribution in [3.05, 3.63) is 170 Å². The molecule has 0 unspecified atom stereocenters. The summed E-state index contributed by atoms with van der Waals surface area (Å²) >= 11 is 0. The maximum absolute atomic E-state index is 11.6. The van der Waals surface area contributed by atoms with Crippen LogP contribution >= 0.6 is 0 Å². The summed E-state index contributed by atoms with van der Waals surface area (Å²) in [5.41, 5.74) is 7.41. The van der Waals surface area contributed by atoms with E-state index in [1.54, 1.807) is 27.8 Å². The van der Waals surface area contributed by atoms with Gasteiger partial charge in [-0.15, -0.1) is 30.0 Å². The molecule has 1 radical (unpaired) electrons. The van der Waals surface area contributed by atoms with E-state index in [1.165, 1.54) is 6.07 Å². The molecule has 11 aromatic rings. The minimum atomic E-state index is -0.0749. The molecular weight excluding hydrogens is 967 g/mol. The first-order valence-corrected chi connectivity index (χ1v) is 20.4. The Morgan fingerprint density at radius 3 is 1.25 bits per heavy atom. The number of hydrogen-bond acceptors (Lipinski definition) is 9. The van der Waals surface area contributed by atoms with Crippen molar-refractivity contribution in [1.29, 1.82) is 0 Å². The van der Waals surface area contributed by atoms with Crippen LogP contribution < -0.4 is 14.6 Å². The van der Waals surface area contributed by atoms with E-state index in [-0.39, 0.29) is 38.1 Å². The van der Waals surface area contributed by atoms with Crippen molar-refractivity contribution in [2.24, 2.45) is 0 Å². The summed E-state index contributed by atoms with van der Waals surface area (Å²) in [5.74, 6) is 2.08. The fraction of sp³-hybridized carbons (Fsp3) is 0.118. The zero-order valence-electron chi connectivity index (χ0n) is 34.9. The van der Waals surface area contributed by atoms with Gasteiger partial charge >= 0.3 is 0 Å². The second-order valence-corrected chi connectivity index (χ2v) is 15.0. The van der Waals surface area contributed by atoms with E-state index < -0.39 is 0 Å². The molecule has 11 rings (SSSR count). The van der Waals surface area contributed by atoms with Gasteiger partial charge in [-0.05, 0) is 88.4 Å². The standard InChI is InChI=1S/2C19H17N3O.C13H9NO2.Ir/c2*1-13(2)23-19-12-11-18(14-7-3-4-8-15(14)19)22-20-16-9-5-6-10-17(16)21-22;15-11-7-3-1-5-9(11)13-14-10-6-2-4-8-12(10)16-13;/h2*3-13H,1-2H3;1-8,15H;/p-1. The zero-order valence-corrected chi connectivity index (χ0v) is 37.3. The van der Waals surface area contributed by atoms with Crippen LogP contribution in [0.15, 0.2) is 174 Å². The average Bonchev–Trinajstić information content (AvgIpc) is 4.04. The van der Waals surface area contributed by atoms with Crippen LogP contribution in [0.25, 0.3) is 77.5 Å². The molecule has 8 aromatic carbocycles. The molecule has 0 saturated heterocycles. The van der Waals surface area contributed by atoms with Crippen LogP contribution in [-0.2, 0) is 20.1 Å². The molecule has 0 N–H and O–H groups in total. The summed E-state index contributed by atoms with van der Waals surface area (Å²) in [6.07, 6.45) is 0.268. The maximum Gasteiger partial charge on any atom is 0.226 e. The Hall–Kier alpha value is -7.40. The minimum absolute atomic E-state index is 0. The summed E-state index contributed by atoms with van der Waals surface area (Å²) in [6, 6.07) is 54.3. The largest absolute Gasteiger partial charge is 0.872 e. The van der Waals surface area contributed by atoms with Crippen molar-refractivity contribution in [3.63, 3.8) is 0 Å². The van der Waals surface area contributed by atoms with E-state index in [2.05, 4.69) is 49.6 Å². The van der Waals surface area contributed by atoms with E-state index in [4.69, 9.17) is 13.9 Å². The summed E-state index contributed by atoms with van der Waals surface area (Å²) in [4.78, 5) is 7.68. The van der Waals surface area contributed by atoms with Crippen molar-refractivity contribution in [2.45, 2.75) is 39.9 Å². The van der Waals surface area contributed by atoms with Gasteiger partial charge in [0.1, 0.15) is 39.1 Å². The number of oxazole rings is 1. The first-order chi connectivity index (χ1) is 30.3. The van der Waals surface area contributed by atoms with Crippen molar-refractivity contribution in [3.8, 4) is 40.1 Å². The van der Waals surface area contributed by atoms with E-state index in [0.29, 0.717) is 17.0 Å². The van der Waals surface area contributed by atoms with Crippen LogP contribution in [0.3, 0.4) is 0 Å². The number of ether oxygens (including phenoxy) is 2. The average molecular weight is 1010 g/mol. The molecule has 0 amide bonds. The maximum atomic E-state index is 11.6. The quantitative estimate of drug-likeness (QED) is 0.153. The molecule has 0 aliphatic heterocycles. The summed E-state index contributed by atoms with van der Waals surface area (Å²) < 4.78 is 17.4. The second kappa shape index (κ2) is 18.7. The summed E-state index contributed by atoms with van der Waals surface area (Å²) in [5, 5.41) is 34.2. The molecule has 315 valence electrons. The topological polar surface area (TPSA) is 129 Å². The van der Waals surface area contributed by atoms with Crippen molar-refractivity contribution in [1.82, 2.24) is 35.0 Å². The zero-order chi connectivity index (χ0) is 42.6. The van der Waals surface area contributed by atoms with Gasteiger partial charge in [0.2, 0.25) is 5.89 Å². The molecule has 0 bridgehead atoms. The number of aromatic nitrogens is 7. The van der Waals surface area contributed by atoms with Gasteiger partial charge in [0, 0.05) is 47.2 Å². The van der Waals surface area contributed by atoms with Crippen LogP contribution in [-0.4, -0.2) is 47.2 Å². The van der Waals surface area contributed by atoms with Gasteiger partial charge in [0.15, 0.2) is 5.58 Å². The monoisotopic (exact) mass is 1010 g/mol. The number of para-hydroxylation sites is 3. The van der Waals surface area contributed by atoms with E-state index >= 15 is 0 Å². The number of rotatable bonds is 7. The van der Waals surface area contributed by atoms with Crippen LogP contribution in [0.5, 0.6) is 17.2 Å². The SMILES string of the molecule is CC(C)Oc1ccc(-n2nc3ccccc3n2)c2ccccc12.CC(C)Oc1ccc(-n2nc3ccccc3n2)c2ccccc12.[Ir].[O-]c1ccccc1-c1nc2ccccc2o1. The predicted molar refractivity (Wildman–Crippen MR) is 243 cm³/mol. The number of benzene rings is 8. The molecule has 0 spiro atoms. The molecular formula is C51H42IrN7O4-. The number of hydrogen-bond donors (Lipinski definition) is 0. The Kier molecular flexibility index (Phi) is 12.6. The van der Waals surface area contributed by atoms with Crippen LogP contribution in [0, 0.1) is 0 Å². The Morgan fingerprint density at radius 2 is 0.825 bits per heavy atom. The molecule has 3 heterocycles. The summed E-state index contributed by atoms with van der Waals surface area (Å²) in [7, 11) is 0. The Balaban J connectivity index is 0.000000131. The van der Waals surface area contributed by atoms with E-state index in [1.807, 2.05) is 149 Å². The molecule has 0 aliphatic carbocycles. The second-order valence-electron chi connectivity index (χ2n) is 15.0. The van der Waals surface area contributed by atoms with Crippen molar-refractivity contribution in [2.75, 3.05) is 0 Å². The molecule has 12 heteroatoms. The predicted octanol–water partition coefficient (Wildman–Crippen LogP) is 11.3. The normalized spacial score (nSPS) is 11.1. The van der Waals surface area contributed by atoms with Gasteiger partial charge in [-0.3, -0.25) is 0 Å².